The fourth-order valence-corrected chi connectivity index (χ4v) is 8.71. The maximum Gasteiger partial charge on any atom is 0.490 e. The highest BCUT2D eigenvalue weighted by Crippen LogP contribution is 2.48. The number of thioether (sulfide) groups is 1. The van der Waals surface area contributed by atoms with Crippen molar-refractivity contribution in [3.05, 3.63) is 192 Å². The van der Waals surface area contributed by atoms with Gasteiger partial charge in [-0.25, -0.2) is 9.78 Å². The lowest BCUT2D eigenvalue weighted by Gasteiger charge is -2.36. The molecule has 6 rings (SSSR count). The number of carbonyl (C=O) groups is 4. The number of benzene rings is 5. The molecule has 65 heavy (non-hydrogen) atoms. The third kappa shape index (κ3) is 15.1. The fourth-order valence-electron chi connectivity index (χ4n) is 7.14. The number of pyridine rings is 1. The molecule has 0 fully saturated rings. The number of rotatable bonds is 21. The van der Waals surface area contributed by atoms with E-state index in [1.807, 2.05) is 127 Å². The number of hydrogen-bond acceptors (Lipinski definition) is 7. The lowest BCUT2D eigenvalue weighted by atomic mass is 9.84. The number of halogens is 3. The molecule has 0 aliphatic carbocycles. The average molecular weight is 905 g/mol. The normalized spacial score (nSPS) is 12.1. The first-order valence-corrected chi connectivity index (χ1v) is 22.1. The number of aliphatic carboxylic acids is 2. The van der Waals surface area contributed by atoms with Crippen LogP contribution in [0, 0.1) is 0 Å². The van der Waals surface area contributed by atoms with Gasteiger partial charge in [0.05, 0.1) is 17.2 Å². The number of aromatic nitrogens is 1. The molecule has 0 radical (unpaired) electrons. The quantitative estimate of drug-likeness (QED) is 0.0350. The first-order valence-electron chi connectivity index (χ1n) is 21.1. The fraction of sp³-hybridized carbons (Fsp3) is 0.235. The predicted octanol–water partition coefficient (Wildman–Crippen LogP) is 10.3. The van der Waals surface area contributed by atoms with E-state index in [1.165, 1.54) is 0 Å². The van der Waals surface area contributed by atoms with E-state index in [0.717, 1.165) is 53.0 Å². The summed E-state index contributed by atoms with van der Waals surface area (Å²) in [5.41, 5.74) is 5.99. The Bertz CT molecular complexity index is 2280. The second-order valence-electron chi connectivity index (χ2n) is 14.9. The maximum atomic E-state index is 14.3. The van der Waals surface area contributed by atoms with E-state index in [-0.39, 0.29) is 18.7 Å². The highest BCUT2D eigenvalue weighted by atomic mass is 32.2. The van der Waals surface area contributed by atoms with Crippen molar-refractivity contribution in [1.82, 2.24) is 15.6 Å². The largest absolute Gasteiger partial charge is 0.490 e. The van der Waals surface area contributed by atoms with E-state index in [4.69, 9.17) is 9.90 Å². The highest BCUT2D eigenvalue weighted by Gasteiger charge is 2.39. The van der Waals surface area contributed by atoms with Crippen molar-refractivity contribution in [3.8, 4) is 11.1 Å². The van der Waals surface area contributed by atoms with E-state index in [2.05, 4.69) is 57.3 Å². The minimum Gasteiger partial charge on any atom is -0.481 e. The second-order valence-corrected chi connectivity index (χ2v) is 16.2. The summed E-state index contributed by atoms with van der Waals surface area (Å²) in [7, 11) is 0. The van der Waals surface area contributed by atoms with Gasteiger partial charge in [0.2, 0.25) is 11.8 Å². The Kier molecular flexibility index (Phi) is 18.7. The van der Waals surface area contributed by atoms with Crippen molar-refractivity contribution < 1.29 is 42.6 Å². The molecule has 6 aromatic rings. The molecular weight excluding hydrogens is 854 g/mol. The average Bonchev–Trinajstić information content (AvgIpc) is 3.32. The molecule has 5 N–H and O–H groups in total. The zero-order chi connectivity index (χ0) is 46.5. The van der Waals surface area contributed by atoms with Gasteiger partial charge < -0.3 is 26.2 Å². The summed E-state index contributed by atoms with van der Waals surface area (Å²) >= 11 is 1.71. The minimum absolute atomic E-state index is 0.217. The van der Waals surface area contributed by atoms with E-state index >= 15 is 0 Å². The summed E-state index contributed by atoms with van der Waals surface area (Å²) in [5.74, 6) is -3.11. The smallest absolute Gasteiger partial charge is 0.481 e. The number of hydrogen-bond donors (Lipinski definition) is 5. The van der Waals surface area contributed by atoms with Crippen LogP contribution in [0.4, 0.5) is 19.0 Å². The molecule has 1 unspecified atom stereocenters. The molecule has 0 aliphatic rings. The van der Waals surface area contributed by atoms with Crippen LogP contribution in [0.2, 0.25) is 0 Å². The van der Waals surface area contributed by atoms with Gasteiger partial charge in [0, 0.05) is 19.2 Å². The SMILES string of the molecule is O=C(O)C(F)(F)F.O=C(O)CC(NC(=O)[C@H](CCSC(c1ccccc1)(c1ccccc1)c1ccccc1)NC(=O)CCCCCNc1ccccn1)c1ccc(-c2ccccc2)cc1. The molecule has 0 spiro atoms. The second kappa shape index (κ2) is 24.8. The van der Waals surface area contributed by atoms with Crippen LogP contribution in [0.15, 0.2) is 170 Å². The topological polar surface area (TPSA) is 158 Å². The summed E-state index contributed by atoms with van der Waals surface area (Å²) in [6.45, 7) is 0.740. The Morgan fingerprint density at radius 3 is 1.62 bits per heavy atom. The van der Waals surface area contributed by atoms with Gasteiger partial charge in [0.15, 0.2) is 0 Å². The zero-order valence-corrected chi connectivity index (χ0v) is 36.3. The molecule has 2 atom stereocenters. The lowest BCUT2D eigenvalue weighted by Crippen LogP contribution is -2.48. The minimum atomic E-state index is -5.08. The maximum absolute atomic E-state index is 14.3. The van der Waals surface area contributed by atoms with Crippen molar-refractivity contribution >= 4 is 41.3 Å². The molecule has 2 amide bonds. The number of carbonyl (C=O) groups excluding carboxylic acids is 2. The number of unbranched alkanes of at least 4 members (excludes halogenated alkanes) is 2. The van der Waals surface area contributed by atoms with E-state index in [0.29, 0.717) is 24.2 Å². The summed E-state index contributed by atoms with van der Waals surface area (Å²) < 4.78 is 31.1. The van der Waals surface area contributed by atoms with E-state index in [1.54, 1.807) is 18.0 Å². The van der Waals surface area contributed by atoms with Gasteiger partial charge in [0.25, 0.3) is 0 Å². The predicted molar refractivity (Wildman–Crippen MR) is 248 cm³/mol. The Hall–Kier alpha value is -6.93. The van der Waals surface area contributed by atoms with Crippen LogP contribution < -0.4 is 16.0 Å². The van der Waals surface area contributed by atoms with Crippen LogP contribution in [0.1, 0.15) is 66.8 Å². The third-order valence-corrected chi connectivity index (χ3v) is 11.9. The molecule has 1 aromatic heterocycles. The number of alkyl halides is 3. The molecule has 5 aromatic carbocycles. The standard InChI is InChI=1S/C49H50N4O4S.C2HF3O2/c54-46(27-14-5-16-33-50-45-26-15-17-34-51-45)52-43(48(57)53-44(36-47(55)56)39-30-28-38(29-31-39)37-18-6-1-7-19-37)32-35-58-49(40-20-8-2-9-21-40,41-22-10-3-11-23-41)42-24-12-4-13-25-42;3-2(4,5)1(6)7/h1-4,6-13,15,17-26,28-31,34,43-44H,5,14,16,27,32-33,35-36H2,(H,50,51)(H,52,54)(H,53,57)(H,55,56);(H,6,7)/t43-,44?;/m0./s1. The van der Waals surface area contributed by atoms with Crippen LogP contribution in [0.25, 0.3) is 11.1 Å². The van der Waals surface area contributed by atoms with E-state index < -0.39 is 40.9 Å². The van der Waals surface area contributed by atoms with Crippen LogP contribution in [-0.2, 0) is 23.9 Å². The molecule has 10 nitrogen and oxygen atoms in total. The van der Waals surface area contributed by atoms with Crippen molar-refractivity contribution in [2.24, 2.45) is 0 Å². The monoisotopic (exact) mass is 904 g/mol. The van der Waals surface area contributed by atoms with Crippen molar-refractivity contribution in [2.75, 3.05) is 17.6 Å². The Morgan fingerprint density at radius 2 is 1.12 bits per heavy atom. The number of amides is 2. The molecule has 338 valence electrons. The van der Waals surface area contributed by atoms with Gasteiger partial charge in [-0.3, -0.25) is 14.4 Å². The summed E-state index contributed by atoms with van der Waals surface area (Å²) in [6, 6.07) is 52.5. The van der Waals surface area contributed by atoms with Crippen molar-refractivity contribution in [3.63, 3.8) is 0 Å². The number of nitrogens with one attached hydrogen (secondary N) is 3. The Morgan fingerprint density at radius 1 is 0.615 bits per heavy atom. The molecule has 0 bridgehead atoms. The van der Waals surface area contributed by atoms with Crippen LogP contribution >= 0.6 is 11.8 Å². The van der Waals surface area contributed by atoms with Crippen LogP contribution in [-0.4, -0.2) is 63.5 Å². The van der Waals surface area contributed by atoms with Gasteiger partial charge in [0.1, 0.15) is 11.9 Å². The number of carboxylic acids is 2. The van der Waals surface area contributed by atoms with Gasteiger partial charge >= 0.3 is 18.1 Å². The summed E-state index contributed by atoms with van der Waals surface area (Å²) in [4.78, 5) is 53.1. The lowest BCUT2D eigenvalue weighted by molar-refractivity contribution is -0.192. The van der Waals surface area contributed by atoms with Crippen LogP contribution in [0.3, 0.4) is 0 Å². The number of carboxylic acid groups (broad SMARTS) is 2. The molecule has 14 heteroatoms. The summed E-state index contributed by atoms with van der Waals surface area (Å²) in [5, 5.41) is 26.4. The molecule has 0 saturated heterocycles. The highest BCUT2D eigenvalue weighted by molar-refractivity contribution is 8.00. The molecule has 1 heterocycles. The Balaban J connectivity index is 0.00000105. The van der Waals surface area contributed by atoms with Gasteiger partial charge in [-0.2, -0.15) is 13.2 Å². The molecule has 0 saturated carbocycles. The number of anilines is 1. The number of nitrogens with zero attached hydrogens (tertiary/aromatic N) is 1. The Labute approximate surface area is 380 Å². The molecule has 0 aliphatic heterocycles. The first kappa shape index (κ1) is 49.1. The van der Waals surface area contributed by atoms with Crippen molar-refractivity contribution in [2.45, 2.75) is 61.5 Å². The van der Waals surface area contributed by atoms with Gasteiger partial charge in [-0.05, 0) is 70.5 Å². The zero-order valence-electron chi connectivity index (χ0n) is 35.5. The first-order chi connectivity index (χ1) is 31.4. The molecular formula is C51H51F3N4O6S. The van der Waals surface area contributed by atoms with Crippen molar-refractivity contribution in [1.29, 1.82) is 0 Å². The van der Waals surface area contributed by atoms with Crippen LogP contribution in [0.5, 0.6) is 0 Å². The third-order valence-electron chi connectivity index (χ3n) is 10.3. The van der Waals surface area contributed by atoms with Gasteiger partial charge in [-0.1, -0.05) is 158 Å². The summed E-state index contributed by atoms with van der Waals surface area (Å²) in [6.07, 6.45) is -0.712. The van der Waals surface area contributed by atoms with E-state index in [9.17, 15) is 32.7 Å². The van der Waals surface area contributed by atoms with Gasteiger partial charge in [-0.15, -0.1) is 11.8 Å².